The molecule has 1 aromatic heterocycles. The normalized spacial score (nSPS) is 24.3. The molecule has 36 heavy (non-hydrogen) atoms. The largest absolute Gasteiger partial charge is 0.467 e. The summed E-state index contributed by atoms with van der Waals surface area (Å²) in [5.74, 6) is 0.656. The molecule has 194 valence electrons. The first-order valence-corrected chi connectivity index (χ1v) is 12.8. The maximum Gasteiger partial charge on any atom is 0.277 e. The van der Waals surface area contributed by atoms with Crippen molar-refractivity contribution in [1.82, 2.24) is 19.7 Å². The molecule has 10 heteroatoms. The van der Waals surface area contributed by atoms with Gasteiger partial charge in [0.05, 0.1) is 6.20 Å². The van der Waals surface area contributed by atoms with Crippen molar-refractivity contribution in [1.29, 1.82) is 0 Å². The smallest absolute Gasteiger partial charge is 0.277 e. The second-order valence-electron chi connectivity index (χ2n) is 9.51. The number of aromatic nitrogens is 1. The second kappa shape index (κ2) is 12.2. The Morgan fingerprint density at radius 2 is 1.94 bits per heavy atom. The number of Topliss-reactive ketones (excluding diaryl/α,β-unsaturated/α-hetero) is 1. The van der Waals surface area contributed by atoms with Gasteiger partial charge in [0.25, 0.3) is 5.91 Å². The van der Waals surface area contributed by atoms with Crippen molar-refractivity contribution < 1.29 is 14.3 Å². The third-order valence-electron chi connectivity index (χ3n) is 7.05. The van der Waals surface area contributed by atoms with Crippen LogP contribution in [0.1, 0.15) is 45.1 Å². The maximum atomic E-state index is 13.2. The van der Waals surface area contributed by atoms with Crippen LogP contribution in [0, 0.1) is 0 Å². The van der Waals surface area contributed by atoms with E-state index in [0.29, 0.717) is 11.7 Å². The van der Waals surface area contributed by atoms with Crippen molar-refractivity contribution in [3.05, 3.63) is 35.9 Å². The molecule has 1 N–H and O–H groups in total. The lowest BCUT2D eigenvalue weighted by atomic mass is 10.1. The van der Waals surface area contributed by atoms with Crippen molar-refractivity contribution >= 4 is 30.1 Å². The molecule has 4 rings (SSSR count). The number of carbonyl (C=O) groups excluding carboxylic acids is 2. The number of amides is 1. The van der Waals surface area contributed by atoms with Gasteiger partial charge < -0.3 is 15.0 Å². The van der Waals surface area contributed by atoms with Crippen molar-refractivity contribution in [2.75, 3.05) is 44.7 Å². The standard InChI is InChI=1S/C26H37N7O3/c1-4-31-11-13-32(14-12-31)17-20-9-10-23(28-15-20)29-18-30-25-22(16-27-3)36-24(19(2)34)26(35)33(25)21-7-5-6-8-21/h9-10,15-16,21,24H,3-8,11-14,17-18H2,1-2H3,(H,28,29)/b22-16+,30-25+. The number of amidine groups is 1. The van der Waals surface area contributed by atoms with Crippen LogP contribution in [0.3, 0.4) is 0 Å². The molecule has 10 nitrogen and oxygen atoms in total. The van der Waals surface area contributed by atoms with E-state index in [1.54, 1.807) is 4.90 Å². The molecule has 1 aliphatic carbocycles. The number of ether oxygens (including phenoxy) is 1. The number of aliphatic imine (C=N–C) groups is 2. The Labute approximate surface area is 213 Å². The Kier molecular flexibility index (Phi) is 8.82. The highest BCUT2D eigenvalue weighted by Gasteiger charge is 2.44. The Morgan fingerprint density at radius 3 is 2.56 bits per heavy atom. The number of pyridine rings is 1. The van der Waals surface area contributed by atoms with Crippen molar-refractivity contribution in [2.24, 2.45) is 9.98 Å². The molecule has 1 aromatic rings. The summed E-state index contributed by atoms with van der Waals surface area (Å²) in [4.78, 5) is 44.8. The third-order valence-corrected chi connectivity index (χ3v) is 7.05. The van der Waals surface area contributed by atoms with E-state index in [1.807, 2.05) is 12.3 Å². The molecule has 3 fully saturated rings. The molecule has 1 atom stereocenters. The fourth-order valence-electron chi connectivity index (χ4n) is 5.02. The van der Waals surface area contributed by atoms with Crippen LogP contribution in [-0.4, -0.2) is 95.5 Å². The van der Waals surface area contributed by atoms with E-state index in [4.69, 9.17) is 4.74 Å². The van der Waals surface area contributed by atoms with Crippen LogP contribution in [-0.2, 0) is 20.9 Å². The second-order valence-corrected chi connectivity index (χ2v) is 9.51. The number of likely N-dealkylation sites (N-methyl/N-ethyl adjacent to an activating group) is 1. The first kappa shape index (κ1) is 26.0. The highest BCUT2D eigenvalue weighted by molar-refractivity contribution is 6.16. The lowest BCUT2D eigenvalue weighted by Gasteiger charge is -2.37. The van der Waals surface area contributed by atoms with E-state index in [9.17, 15) is 9.59 Å². The topological polar surface area (TPSA) is 103 Å². The number of carbonyl (C=O) groups is 2. The zero-order valence-electron chi connectivity index (χ0n) is 21.4. The fourth-order valence-corrected chi connectivity index (χ4v) is 5.02. The number of hydrogen-bond acceptors (Lipinski definition) is 9. The Morgan fingerprint density at radius 1 is 1.22 bits per heavy atom. The van der Waals surface area contributed by atoms with Gasteiger partial charge in [-0.25, -0.2) is 9.98 Å². The minimum atomic E-state index is -1.18. The van der Waals surface area contributed by atoms with Gasteiger partial charge in [0.2, 0.25) is 6.10 Å². The summed E-state index contributed by atoms with van der Waals surface area (Å²) >= 11 is 0. The molecule has 0 spiro atoms. The molecule has 3 heterocycles. The molecule has 2 saturated heterocycles. The quantitative estimate of drug-likeness (QED) is 0.414. The number of nitrogens with zero attached hydrogens (tertiary/aromatic N) is 6. The summed E-state index contributed by atoms with van der Waals surface area (Å²) in [5.41, 5.74) is 1.17. The molecule has 1 amide bonds. The number of hydrogen-bond donors (Lipinski definition) is 1. The zero-order chi connectivity index (χ0) is 25.5. The summed E-state index contributed by atoms with van der Waals surface area (Å²) in [6, 6.07) is 4.02. The van der Waals surface area contributed by atoms with E-state index in [0.717, 1.165) is 65.0 Å². The predicted molar refractivity (Wildman–Crippen MR) is 140 cm³/mol. The van der Waals surface area contributed by atoms with Crippen LogP contribution in [0.15, 0.2) is 40.3 Å². The van der Waals surface area contributed by atoms with Crippen LogP contribution in [0.2, 0.25) is 0 Å². The monoisotopic (exact) mass is 495 g/mol. The van der Waals surface area contributed by atoms with Gasteiger partial charge in [-0.1, -0.05) is 25.8 Å². The Hall–Kier alpha value is -3.11. The highest BCUT2D eigenvalue weighted by atomic mass is 16.5. The summed E-state index contributed by atoms with van der Waals surface area (Å²) in [6.07, 6.45) is 5.94. The zero-order valence-corrected chi connectivity index (χ0v) is 21.4. The first-order valence-electron chi connectivity index (χ1n) is 12.8. The first-order chi connectivity index (χ1) is 17.5. The molecule has 1 saturated carbocycles. The molecule has 3 aliphatic rings. The van der Waals surface area contributed by atoms with Gasteiger partial charge in [-0.05, 0) is 44.7 Å². The lowest BCUT2D eigenvalue weighted by Crippen LogP contribution is -2.56. The lowest BCUT2D eigenvalue weighted by molar-refractivity contribution is -0.148. The van der Waals surface area contributed by atoms with Crippen LogP contribution >= 0.6 is 0 Å². The molecular weight excluding hydrogens is 458 g/mol. The average Bonchev–Trinajstić information content (AvgIpc) is 3.41. The predicted octanol–water partition coefficient (Wildman–Crippen LogP) is 2.29. The van der Waals surface area contributed by atoms with Gasteiger partial charge in [0, 0.05) is 45.0 Å². The average molecular weight is 496 g/mol. The van der Waals surface area contributed by atoms with Crippen molar-refractivity contribution in [3.63, 3.8) is 0 Å². The van der Waals surface area contributed by atoms with Crippen LogP contribution < -0.4 is 5.32 Å². The van der Waals surface area contributed by atoms with Crippen LogP contribution in [0.4, 0.5) is 5.82 Å². The fraction of sp³-hybridized carbons (Fsp3) is 0.577. The van der Waals surface area contributed by atoms with E-state index in [1.165, 1.54) is 18.7 Å². The Balaban J connectivity index is 1.42. The van der Waals surface area contributed by atoms with Gasteiger partial charge >= 0.3 is 0 Å². The number of anilines is 1. The minimum absolute atomic E-state index is 0.00758. The number of nitrogens with one attached hydrogen (secondary N) is 1. The van der Waals surface area contributed by atoms with Gasteiger partial charge in [-0.3, -0.25) is 24.4 Å². The Bertz CT molecular complexity index is 993. The molecule has 2 aliphatic heterocycles. The van der Waals surface area contributed by atoms with E-state index in [2.05, 4.69) is 49.8 Å². The molecule has 0 bridgehead atoms. The third kappa shape index (κ3) is 6.17. The van der Waals surface area contributed by atoms with Crippen molar-refractivity contribution in [2.45, 2.75) is 58.2 Å². The number of morpholine rings is 1. The molecular formula is C26H37N7O3. The summed E-state index contributed by atoms with van der Waals surface area (Å²) in [5, 5.41) is 3.21. The van der Waals surface area contributed by atoms with Gasteiger partial charge in [0.1, 0.15) is 12.5 Å². The van der Waals surface area contributed by atoms with Crippen LogP contribution in [0.25, 0.3) is 0 Å². The van der Waals surface area contributed by atoms with E-state index >= 15 is 0 Å². The summed E-state index contributed by atoms with van der Waals surface area (Å²) in [7, 11) is 0. The van der Waals surface area contributed by atoms with E-state index in [-0.39, 0.29) is 30.2 Å². The highest BCUT2D eigenvalue weighted by Crippen LogP contribution is 2.30. The molecule has 1 unspecified atom stereocenters. The van der Waals surface area contributed by atoms with Gasteiger partial charge in [0.15, 0.2) is 17.4 Å². The summed E-state index contributed by atoms with van der Waals surface area (Å²) in [6.45, 7) is 13.6. The van der Waals surface area contributed by atoms with E-state index < -0.39 is 6.10 Å². The summed E-state index contributed by atoms with van der Waals surface area (Å²) < 4.78 is 5.71. The van der Waals surface area contributed by atoms with Gasteiger partial charge in [-0.15, -0.1) is 0 Å². The van der Waals surface area contributed by atoms with Crippen LogP contribution in [0.5, 0.6) is 0 Å². The molecule has 0 radical (unpaired) electrons. The minimum Gasteiger partial charge on any atom is -0.467 e. The van der Waals surface area contributed by atoms with Gasteiger partial charge in [-0.2, -0.15) is 0 Å². The number of piperazine rings is 1. The number of ketones is 1. The maximum absolute atomic E-state index is 13.2. The number of rotatable bonds is 9. The molecule has 0 aromatic carbocycles. The van der Waals surface area contributed by atoms with Crippen molar-refractivity contribution in [3.8, 4) is 0 Å². The SMILES string of the molecule is C=N/C=C1/OC(C(C)=O)C(=O)N(C2CCCC2)/C1=N/CNc1ccc(CN2CCN(CC)CC2)cn1.